The lowest BCUT2D eigenvalue weighted by molar-refractivity contribution is 0.288. The van der Waals surface area contributed by atoms with Crippen LogP contribution in [0, 0.1) is 5.92 Å². The zero-order chi connectivity index (χ0) is 10.8. The summed E-state index contributed by atoms with van der Waals surface area (Å²) in [6.07, 6.45) is 2.68. The van der Waals surface area contributed by atoms with E-state index in [2.05, 4.69) is 5.16 Å². The molecule has 1 rings (SSSR count). The summed E-state index contributed by atoms with van der Waals surface area (Å²) in [4.78, 5) is 0. The van der Waals surface area contributed by atoms with E-state index in [9.17, 15) is 8.42 Å². The van der Waals surface area contributed by atoms with Gasteiger partial charge in [0, 0.05) is 19.0 Å². The van der Waals surface area contributed by atoms with E-state index in [1.165, 1.54) is 10.6 Å². The molecule has 1 aliphatic heterocycles. The number of oxime groups is 1. The van der Waals surface area contributed by atoms with Gasteiger partial charge in [0.2, 0.25) is 10.0 Å². The highest BCUT2D eigenvalue weighted by Gasteiger charge is 2.27. The van der Waals surface area contributed by atoms with Crippen LogP contribution in [0.2, 0.25) is 0 Å². The number of amidine groups is 1. The summed E-state index contributed by atoms with van der Waals surface area (Å²) in [5.41, 5.74) is 5.43. The fourth-order valence-corrected chi connectivity index (χ4v) is 2.48. The van der Waals surface area contributed by atoms with E-state index in [0.29, 0.717) is 13.1 Å². The van der Waals surface area contributed by atoms with E-state index in [1.807, 2.05) is 0 Å². The molecule has 6 nitrogen and oxygen atoms in total. The topological polar surface area (TPSA) is 96.0 Å². The summed E-state index contributed by atoms with van der Waals surface area (Å²) >= 11 is 0. The van der Waals surface area contributed by atoms with E-state index in [1.54, 1.807) is 0 Å². The number of sulfonamides is 1. The van der Waals surface area contributed by atoms with Crippen molar-refractivity contribution in [3.8, 4) is 0 Å². The van der Waals surface area contributed by atoms with E-state index >= 15 is 0 Å². The Kier molecular flexibility index (Phi) is 3.33. The molecular weight excluding hydrogens is 206 g/mol. The van der Waals surface area contributed by atoms with Gasteiger partial charge in [0.1, 0.15) is 5.84 Å². The number of piperidine rings is 1. The normalized spacial score (nSPS) is 26.4. The molecule has 7 heteroatoms. The molecule has 1 atom stereocenters. The molecule has 1 fully saturated rings. The quantitative estimate of drug-likeness (QED) is 0.282. The van der Waals surface area contributed by atoms with Crippen LogP contribution >= 0.6 is 0 Å². The molecule has 1 unspecified atom stereocenters. The molecule has 1 aliphatic rings. The highest BCUT2D eigenvalue weighted by atomic mass is 32.2. The Morgan fingerprint density at radius 3 is 2.79 bits per heavy atom. The number of hydrogen-bond donors (Lipinski definition) is 2. The maximum Gasteiger partial charge on any atom is 0.211 e. The van der Waals surface area contributed by atoms with Crippen molar-refractivity contribution in [2.75, 3.05) is 19.3 Å². The van der Waals surface area contributed by atoms with Crippen LogP contribution < -0.4 is 5.73 Å². The van der Waals surface area contributed by atoms with Gasteiger partial charge in [-0.15, -0.1) is 0 Å². The zero-order valence-electron chi connectivity index (χ0n) is 8.05. The van der Waals surface area contributed by atoms with Gasteiger partial charge >= 0.3 is 0 Å². The van der Waals surface area contributed by atoms with Crippen LogP contribution in [0.15, 0.2) is 5.16 Å². The van der Waals surface area contributed by atoms with Crippen molar-refractivity contribution >= 4 is 15.9 Å². The Hall–Kier alpha value is -0.820. The minimum Gasteiger partial charge on any atom is -0.409 e. The smallest absolute Gasteiger partial charge is 0.211 e. The molecule has 0 aromatic heterocycles. The van der Waals surface area contributed by atoms with Crippen molar-refractivity contribution in [2.24, 2.45) is 16.8 Å². The molecule has 1 heterocycles. The van der Waals surface area contributed by atoms with Crippen LogP contribution in [-0.4, -0.2) is 43.1 Å². The molecule has 1 saturated heterocycles. The van der Waals surface area contributed by atoms with Gasteiger partial charge in [-0.05, 0) is 12.8 Å². The zero-order valence-corrected chi connectivity index (χ0v) is 8.87. The second-order valence-electron chi connectivity index (χ2n) is 3.49. The monoisotopic (exact) mass is 221 g/mol. The van der Waals surface area contributed by atoms with E-state index in [4.69, 9.17) is 10.9 Å². The lowest BCUT2D eigenvalue weighted by Gasteiger charge is -2.29. The summed E-state index contributed by atoms with van der Waals surface area (Å²) in [7, 11) is -3.16. The van der Waals surface area contributed by atoms with Gasteiger partial charge in [-0.1, -0.05) is 5.16 Å². The molecule has 3 N–H and O–H groups in total. The standard InChI is InChI=1S/C7H15N3O3S/c1-14(12,13)10-4-2-3-6(5-10)7(8)9-11/h6,11H,2-5H2,1H3,(H2,8,9). The third kappa shape index (κ3) is 2.58. The van der Waals surface area contributed by atoms with E-state index in [-0.39, 0.29) is 11.8 Å². The molecule has 0 bridgehead atoms. The van der Waals surface area contributed by atoms with Crippen molar-refractivity contribution in [2.45, 2.75) is 12.8 Å². The van der Waals surface area contributed by atoms with Crippen LogP contribution in [0.25, 0.3) is 0 Å². The van der Waals surface area contributed by atoms with Crippen molar-refractivity contribution in [3.05, 3.63) is 0 Å². The molecule has 0 aromatic carbocycles. The van der Waals surface area contributed by atoms with Crippen molar-refractivity contribution in [1.29, 1.82) is 0 Å². The molecule has 0 aromatic rings. The summed E-state index contributed by atoms with van der Waals surface area (Å²) in [5, 5.41) is 11.4. The van der Waals surface area contributed by atoms with Gasteiger partial charge < -0.3 is 10.9 Å². The Balaban J connectivity index is 2.70. The van der Waals surface area contributed by atoms with Gasteiger partial charge in [0.15, 0.2) is 0 Å². The van der Waals surface area contributed by atoms with Crippen LogP contribution in [-0.2, 0) is 10.0 Å². The number of nitrogens with two attached hydrogens (primary N) is 1. The summed E-state index contributed by atoms with van der Waals surface area (Å²) in [5.74, 6) is -0.0539. The molecule has 14 heavy (non-hydrogen) atoms. The predicted molar refractivity (Wildman–Crippen MR) is 52.5 cm³/mol. The first-order valence-corrected chi connectivity index (χ1v) is 6.22. The van der Waals surface area contributed by atoms with E-state index in [0.717, 1.165) is 12.8 Å². The first-order valence-electron chi connectivity index (χ1n) is 4.37. The SMILES string of the molecule is CS(=O)(=O)N1CCCC(C(N)=NO)C1. The van der Waals surface area contributed by atoms with Crippen LogP contribution in [0.3, 0.4) is 0 Å². The van der Waals surface area contributed by atoms with Gasteiger partial charge in [0.05, 0.1) is 6.26 Å². The molecule has 0 saturated carbocycles. The van der Waals surface area contributed by atoms with Gasteiger partial charge in [0.25, 0.3) is 0 Å². The lowest BCUT2D eigenvalue weighted by Crippen LogP contribution is -2.43. The van der Waals surface area contributed by atoms with Crippen LogP contribution in [0.1, 0.15) is 12.8 Å². The second-order valence-corrected chi connectivity index (χ2v) is 5.47. The molecule has 0 amide bonds. The summed E-state index contributed by atoms with van der Waals surface area (Å²) in [6.45, 7) is 0.836. The highest BCUT2D eigenvalue weighted by Crippen LogP contribution is 2.18. The fourth-order valence-electron chi connectivity index (χ4n) is 1.57. The first kappa shape index (κ1) is 11.3. The fraction of sp³-hybridized carbons (Fsp3) is 0.857. The Bertz CT molecular complexity index is 325. The van der Waals surface area contributed by atoms with Crippen molar-refractivity contribution in [1.82, 2.24) is 4.31 Å². The Labute approximate surface area is 83.4 Å². The molecule has 0 spiro atoms. The minimum absolute atomic E-state index is 0.110. The summed E-state index contributed by atoms with van der Waals surface area (Å²) < 4.78 is 23.8. The van der Waals surface area contributed by atoms with Crippen molar-refractivity contribution < 1.29 is 13.6 Å². The predicted octanol–water partition coefficient (Wildman–Crippen LogP) is -0.596. The second kappa shape index (κ2) is 4.14. The number of nitrogens with zero attached hydrogens (tertiary/aromatic N) is 2. The maximum atomic E-state index is 11.2. The average molecular weight is 221 g/mol. The minimum atomic E-state index is -3.16. The molecule has 0 radical (unpaired) electrons. The Morgan fingerprint density at radius 1 is 1.64 bits per heavy atom. The third-order valence-corrected chi connectivity index (χ3v) is 3.66. The van der Waals surface area contributed by atoms with Gasteiger partial charge in [-0.25, -0.2) is 12.7 Å². The first-order chi connectivity index (χ1) is 6.45. The number of rotatable bonds is 2. The van der Waals surface area contributed by atoms with Crippen LogP contribution in [0.4, 0.5) is 0 Å². The maximum absolute atomic E-state index is 11.2. The average Bonchev–Trinajstić information content (AvgIpc) is 2.15. The van der Waals surface area contributed by atoms with Crippen molar-refractivity contribution in [3.63, 3.8) is 0 Å². The molecule has 82 valence electrons. The molecule has 0 aliphatic carbocycles. The largest absolute Gasteiger partial charge is 0.409 e. The highest BCUT2D eigenvalue weighted by molar-refractivity contribution is 7.88. The lowest BCUT2D eigenvalue weighted by atomic mass is 9.99. The van der Waals surface area contributed by atoms with E-state index < -0.39 is 10.0 Å². The van der Waals surface area contributed by atoms with Gasteiger partial charge in [-0.3, -0.25) is 0 Å². The number of hydrogen-bond acceptors (Lipinski definition) is 4. The molecular formula is C7H15N3O3S. The van der Waals surface area contributed by atoms with Gasteiger partial charge in [-0.2, -0.15) is 0 Å². The third-order valence-electron chi connectivity index (χ3n) is 2.39. The summed E-state index contributed by atoms with van der Waals surface area (Å²) in [6, 6.07) is 0. The van der Waals surface area contributed by atoms with Crippen LogP contribution in [0.5, 0.6) is 0 Å². The Morgan fingerprint density at radius 2 is 2.29 bits per heavy atom.